The molecule has 0 amide bonds. The molecular formula is C18H23F2NO3. The summed E-state index contributed by atoms with van der Waals surface area (Å²) in [6, 6.07) is 5.70. The van der Waals surface area contributed by atoms with Gasteiger partial charge in [0.2, 0.25) is 0 Å². The van der Waals surface area contributed by atoms with Gasteiger partial charge in [-0.1, -0.05) is 18.2 Å². The van der Waals surface area contributed by atoms with Crippen molar-refractivity contribution in [1.82, 2.24) is 4.90 Å². The van der Waals surface area contributed by atoms with Gasteiger partial charge < -0.3 is 19.5 Å². The molecule has 24 heavy (non-hydrogen) atoms. The maximum absolute atomic E-state index is 12.5. The van der Waals surface area contributed by atoms with E-state index in [2.05, 4.69) is 18.0 Å². The fourth-order valence-corrected chi connectivity index (χ4v) is 3.92. The number of methoxy groups -OCH3 is 1. The van der Waals surface area contributed by atoms with Crippen LogP contribution in [-0.4, -0.2) is 55.9 Å². The first-order valence-electron chi connectivity index (χ1n) is 8.13. The molecule has 0 bridgehead atoms. The van der Waals surface area contributed by atoms with E-state index in [0.29, 0.717) is 17.9 Å². The molecule has 1 aliphatic carbocycles. The summed E-state index contributed by atoms with van der Waals surface area (Å²) in [6.45, 7) is 0.256. The third-order valence-electron chi connectivity index (χ3n) is 5.15. The van der Waals surface area contributed by atoms with Crippen molar-refractivity contribution < 1.29 is 23.4 Å². The number of aliphatic hydroxyl groups excluding tert-OH is 1. The largest absolute Gasteiger partial charge is 0.493 e. The molecule has 1 aromatic carbocycles. The molecule has 1 fully saturated rings. The van der Waals surface area contributed by atoms with Gasteiger partial charge in [-0.25, -0.2) is 8.78 Å². The first kappa shape index (κ1) is 17.2. The number of alkyl halides is 2. The molecule has 1 saturated heterocycles. The average molecular weight is 339 g/mol. The second kappa shape index (κ2) is 6.69. The highest BCUT2D eigenvalue weighted by Crippen LogP contribution is 2.47. The molecule has 6 heteroatoms. The Morgan fingerprint density at radius 3 is 2.88 bits per heavy atom. The molecule has 0 spiro atoms. The molecule has 132 valence electrons. The zero-order valence-electron chi connectivity index (χ0n) is 13.9. The van der Waals surface area contributed by atoms with Crippen LogP contribution in [0.3, 0.4) is 0 Å². The van der Waals surface area contributed by atoms with E-state index in [0.717, 1.165) is 18.5 Å². The predicted molar refractivity (Wildman–Crippen MR) is 87.0 cm³/mol. The minimum atomic E-state index is -2.54. The average Bonchev–Trinajstić information content (AvgIpc) is 2.90. The topological polar surface area (TPSA) is 41.9 Å². The summed E-state index contributed by atoms with van der Waals surface area (Å²) in [5, 5.41) is 9.98. The molecule has 3 rings (SSSR count). The Kier molecular flexibility index (Phi) is 4.78. The van der Waals surface area contributed by atoms with Crippen molar-refractivity contribution in [3.8, 4) is 11.5 Å². The molecule has 4 nitrogen and oxygen atoms in total. The van der Waals surface area contributed by atoms with Crippen molar-refractivity contribution in [3.63, 3.8) is 0 Å². The number of fused-ring (bicyclic) bond motifs is 1. The Bertz CT molecular complexity index is 622. The number of benzene rings is 1. The van der Waals surface area contributed by atoms with Gasteiger partial charge in [-0.05, 0) is 44.1 Å². The number of rotatable bonds is 5. The first-order chi connectivity index (χ1) is 11.5. The quantitative estimate of drug-likeness (QED) is 0.838. The van der Waals surface area contributed by atoms with E-state index >= 15 is 0 Å². The van der Waals surface area contributed by atoms with Gasteiger partial charge in [0.25, 0.3) is 6.43 Å². The number of aliphatic hydroxyl groups is 1. The third kappa shape index (κ3) is 3.00. The zero-order chi connectivity index (χ0) is 17.3. The molecular weight excluding hydrogens is 316 g/mol. The van der Waals surface area contributed by atoms with E-state index in [-0.39, 0.29) is 11.5 Å². The Labute approximate surface area is 140 Å². The highest BCUT2D eigenvalue weighted by Gasteiger charge is 2.48. The molecule has 1 N–H and O–H groups in total. The first-order valence-corrected chi connectivity index (χ1v) is 8.13. The highest BCUT2D eigenvalue weighted by molar-refractivity contribution is 5.48. The molecule has 0 saturated carbocycles. The fraction of sp³-hybridized carbons (Fsp3) is 0.556. The van der Waals surface area contributed by atoms with E-state index in [1.54, 1.807) is 12.1 Å². The number of nitrogens with zero attached hydrogens (tertiary/aromatic N) is 1. The van der Waals surface area contributed by atoms with E-state index in [1.165, 1.54) is 7.11 Å². The minimum absolute atomic E-state index is 0.175. The number of likely N-dealkylation sites (N-methyl/N-ethyl adjacent to an activating group) is 1. The van der Waals surface area contributed by atoms with Crippen molar-refractivity contribution >= 4 is 0 Å². The Balaban J connectivity index is 1.98. The molecule has 3 atom stereocenters. The van der Waals surface area contributed by atoms with E-state index < -0.39 is 19.1 Å². The summed E-state index contributed by atoms with van der Waals surface area (Å²) in [6.07, 6.45) is 2.49. The highest BCUT2D eigenvalue weighted by atomic mass is 19.3. The van der Waals surface area contributed by atoms with Crippen LogP contribution in [0.25, 0.3) is 0 Å². The third-order valence-corrected chi connectivity index (χ3v) is 5.15. The molecule has 2 aliphatic rings. The summed E-state index contributed by atoms with van der Waals surface area (Å²) in [5.74, 6) is 0.774. The molecule has 1 heterocycles. The van der Waals surface area contributed by atoms with Gasteiger partial charge in [0, 0.05) is 11.5 Å². The van der Waals surface area contributed by atoms with Gasteiger partial charge in [-0.15, -0.1) is 0 Å². The van der Waals surface area contributed by atoms with Crippen molar-refractivity contribution in [1.29, 1.82) is 0 Å². The lowest BCUT2D eigenvalue weighted by atomic mass is 9.69. The minimum Gasteiger partial charge on any atom is -0.493 e. The summed E-state index contributed by atoms with van der Waals surface area (Å²) in [4.78, 5) is 2.25. The van der Waals surface area contributed by atoms with Crippen LogP contribution in [0.4, 0.5) is 8.78 Å². The summed E-state index contributed by atoms with van der Waals surface area (Å²) < 4.78 is 35.5. The fourth-order valence-electron chi connectivity index (χ4n) is 3.92. The molecule has 0 radical (unpaired) electrons. The number of hydrogen-bond donors (Lipinski definition) is 1. The summed E-state index contributed by atoms with van der Waals surface area (Å²) in [7, 11) is 3.54. The monoisotopic (exact) mass is 339 g/mol. The van der Waals surface area contributed by atoms with Crippen molar-refractivity contribution in [2.75, 3.05) is 27.3 Å². The SMILES string of the molecule is COc1ccc([C@@]23C=C[C@H](O)C[C@@H]2N(C)CC3)cc1OCC(F)F. The standard InChI is InChI=1S/C18H23F2NO3/c1-21-8-7-18(6-5-13(22)10-16(18)21)12-3-4-14(23-2)15(9-12)24-11-17(19)20/h3-6,9,13,16-17,22H,7-8,10-11H2,1-2H3/t13-,16-,18-/m0/s1. The molecule has 0 unspecified atom stereocenters. The molecule has 1 aromatic rings. The van der Waals surface area contributed by atoms with Crippen LogP contribution in [-0.2, 0) is 5.41 Å². The lowest BCUT2D eigenvalue weighted by Gasteiger charge is -2.39. The van der Waals surface area contributed by atoms with Gasteiger partial charge >= 0.3 is 0 Å². The summed E-state index contributed by atoms with van der Waals surface area (Å²) in [5.41, 5.74) is 0.772. The van der Waals surface area contributed by atoms with Gasteiger partial charge in [-0.3, -0.25) is 0 Å². The van der Waals surface area contributed by atoms with Crippen LogP contribution in [0.5, 0.6) is 11.5 Å². The van der Waals surface area contributed by atoms with Crippen molar-refractivity contribution in [2.24, 2.45) is 0 Å². The maximum atomic E-state index is 12.5. The lowest BCUT2D eigenvalue weighted by Crippen LogP contribution is -2.44. The number of likely N-dealkylation sites (tertiary alicyclic amines) is 1. The normalized spacial score (nSPS) is 29.8. The smallest absolute Gasteiger partial charge is 0.272 e. The Morgan fingerprint density at radius 1 is 1.38 bits per heavy atom. The van der Waals surface area contributed by atoms with Crippen LogP contribution in [0.2, 0.25) is 0 Å². The Hall–Kier alpha value is -1.66. The lowest BCUT2D eigenvalue weighted by molar-refractivity contribution is 0.0802. The van der Waals surface area contributed by atoms with Crippen LogP contribution in [0.15, 0.2) is 30.4 Å². The van der Waals surface area contributed by atoms with E-state index in [4.69, 9.17) is 9.47 Å². The van der Waals surface area contributed by atoms with Gasteiger partial charge in [0.1, 0.15) is 6.61 Å². The van der Waals surface area contributed by atoms with Crippen LogP contribution >= 0.6 is 0 Å². The van der Waals surface area contributed by atoms with Crippen LogP contribution < -0.4 is 9.47 Å². The van der Waals surface area contributed by atoms with Crippen molar-refractivity contribution in [2.45, 2.75) is 36.8 Å². The Morgan fingerprint density at radius 2 is 2.17 bits per heavy atom. The van der Waals surface area contributed by atoms with Crippen LogP contribution in [0.1, 0.15) is 18.4 Å². The van der Waals surface area contributed by atoms with Gasteiger partial charge in [0.15, 0.2) is 11.5 Å². The van der Waals surface area contributed by atoms with E-state index in [9.17, 15) is 13.9 Å². The number of ether oxygens (including phenoxy) is 2. The number of halogens is 2. The molecule has 1 aliphatic heterocycles. The zero-order valence-corrected chi connectivity index (χ0v) is 13.9. The van der Waals surface area contributed by atoms with Crippen LogP contribution in [0, 0.1) is 0 Å². The van der Waals surface area contributed by atoms with Gasteiger partial charge in [-0.2, -0.15) is 0 Å². The molecule has 0 aromatic heterocycles. The van der Waals surface area contributed by atoms with Gasteiger partial charge in [0.05, 0.1) is 13.2 Å². The number of hydrogen-bond acceptors (Lipinski definition) is 4. The van der Waals surface area contributed by atoms with E-state index in [1.807, 2.05) is 12.1 Å². The summed E-state index contributed by atoms with van der Waals surface area (Å²) >= 11 is 0. The maximum Gasteiger partial charge on any atom is 0.272 e. The second-order valence-electron chi connectivity index (χ2n) is 6.52. The predicted octanol–water partition coefficient (Wildman–Crippen LogP) is 2.60. The van der Waals surface area contributed by atoms with Crippen molar-refractivity contribution in [3.05, 3.63) is 35.9 Å². The second-order valence-corrected chi connectivity index (χ2v) is 6.52.